The average molecular weight is 249 g/mol. The summed E-state index contributed by atoms with van der Waals surface area (Å²) >= 11 is 0. The molecule has 2 aromatic rings. The van der Waals surface area contributed by atoms with Crippen molar-refractivity contribution < 1.29 is 0 Å². The highest BCUT2D eigenvalue weighted by Gasteiger charge is 1.87. The molecule has 2 aromatic carbocycles. The predicted molar refractivity (Wildman–Crippen MR) is 82.8 cm³/mol. The van der Waals surface area contributed by atoms with E-state index in [2.05, 4.69) is 66.0 Å². The average Bonchev–Trinajstić information content (AvgIpc) is 2.48. The summed E-state index contributed by atoms with van der Waals surface area (Å²) < 4.78 is 0. The van der Waals surface area contributed by atoms with E-state index in [4.69, 9.17) is 0 Å². The molecule has 0 aliphatic carbocycles. The van der Waals surface area contributed by atoms with Gasteiger partial charge in [-0.2, -0.15) is 0 Å². The van der Waals surface area contributed by atoms with Gasteiger partial charge < -0.3 is 5.32 Å². The third-order valence-corrected chi connectivity index (χ3v) is 2.77. The smallest absolute Gasteiger partial charge is 0.0208 e. The van der Waals surface area contributed by atoms with Crippen LogP contribution in [-0.2, 0) is 6.54 Å². The molecule has 1 heteroatoms. The fourth-order valence-corrected chi connectivity index (χ4v) is 1.77. The largest absolute Gasteiger partial charge is 0.309 e. The van der Waals surface area contributed by atoms with Crippen molar-refractivity contribution in [1.29, 1.82) is 0 Å². The number of hydrogen-bond acceptors (Lipinski definition) is 1. The summed E-state index contributed by atoms with van der Waals surface area (Å²) in [5, 5.41) is 3.38. The van der Waals surface area contributed by atoms with Crippen molar-refractivity contribution in [2.45, 2.75) is 6.54 Å². The van der Waals surface area contributed by atoms with Gasteiger partial charge in [-0.3, -0.25) is 0 Å². The number of nitrogens with one attached hydrogen (secondary N) is 1. The van der Waals surface area contributed by atoms with Crippen LogP contribution < -0.4 is 5.32 Å². The van der Waals surface area contributed by atoms with Gasteiger partial charge in [-0.15, -0.1) is 0 Å². The maximum atomic E-state index is 3.38. The Bertz CT molecular complexity index is 512. The SMILES string of the molecule is C(/C=C/c1ccccc1)=C\CNCc1ccccc1. The molecule has 2 rings (SSSR count). The van der Waals surface area contributed by atoms with Crippen LogP contribution in [0.5, 0.6) is 0 Å². The highest BCUT2D eigenvalue weighted by molar-refractivity contribution is 5.50. The molecule has 96 valence electrons. The lowest BCUT2D eigenvalue weighted by molar-refractivity contribution is 0.760. The maximum Gasteiger partial charge on any atom is 0.0208 e. The normalized spacial score (nSPS) is 11.4. The van der Waals surface area contributed by atoms with E-state index in [-0.39, 0.29) is 0 Å². The predicted octanol–water partition coefficient (Wildman–Crippen LogP) is 4.05. The van der Waals surface area contributed by atoms with Crippen LogP contribution in [0, 0.1) is 0 Å². The van der Waals surface area contributed by atoms with Crippen molar-refractivity contribution in [3.05, 3.63) is 90.0 Å². The van der Waals surface area contributed by atoms with Crippen LogP contribution in [0.25, 0.3) is 6.08 Å². The topological polar surface area (TPSA) is 12.0 Å². The third-order valence-electron chi connectivity index (χ3n) is 2.77. The van der Waals surface area contributed by atoms with E-state index in [0.29, 0.717) is 0 Å². The lowest BCUT2D eigenvalue weighted by atomic mass is 10.2. The van der Waals surface area contributed by atoms with E-state index in [1.54, 1.807) is 0 Å². The fraction of sp³-hybridized carbons (Fsp3) is 0.111. The van der Waals surface area contributed by atoms with Crippen LogP contribution >= 0.6 is 0 Å². The Kier molecular flexibility index (Phi) is 5.65. The maximum absolute atomic E-state index is 3.38. The monoisotopic (exact) mass is 249 g/mol. The minimum Gasteiger partial charge on any atom is -0.309 e. The van der Waals surface area contributed by atoms with E-state index in [1.165, 1.54) is 11.1 Å². The molecule has 0 unspecified atom stereocenters. The number of hydrogen-bond donors (Lipinski definition) is 1. The molecule has 1 nitrogen and oxygen atoms in total. The highest BCUT2D eigenvalue weighted by atomic mass is 14.8. The van der Waals surface area contributed by atoms with Crippen LogP contribution in [0.1, 0.15) is 11.1 Å². The van der Waals surface area contributed by atoms with Gasteiger partial charge in [0.2, 0.25) is 0 Å². The van der Waals surface area contributed by atoms with Crippen LogP contribution in [0.3, 0.4) is 0 Å². The Labute approximate surface area is 115 Å². The van der Waals surface area contributed by atoms with E-state index < -0.39 is 0 Å². The lowest BCUT2D eigenvalue weighted by Crippen LogP contribution is -2.12. The van der Waals surface area contributed by atoms with Gasteiger partial charge in [0, 0.05) is 13.1 Å². The van der Waals surface area contributed by atoms with Crippen molar-refractivity contribution in [1.82, 2.24) is 5.32 Å². The highest BCUT2D eigenvalue weighted by Crippen LogP contribution is 2.00. The van der Waals surface area contributed by atoms with Crippen LogP contribution in [0.15, 0.2) is 78.9 Å². The molecule has 0 fully saturated rings. The van der Waals surface area contributed by atoms with Crippen molar-refractivity contribution in [3.8, 4) is 0 Å². The minimum absolute atomic E-state index is 0.883. The molecule has 0 saturated carbocycles. The molecule has 0 saturated heterocycles. The molecule has 0 aliphatic rings. The molecule has 0 heterocycles. The van der Waals surface area contributed by atoms with Gasteiger partial charge >= 0.3 is 0 Å². The van der Waals surface area contributed by atoms with Gasteiger partial charge in [-0.25, -0.2) is 0 Å². The van der Waals surface area contributed by atoms with Gasteiger partial charge in [0.25, 0.3) is 0 Å². The molecule has 0 atom stereocenters. The molecule has 0 aliphatic heterocycles. The second-order valence-corrected chi connectivity index (χ2v) is 4.31. The Hall–Kier alpha value is -2.12. The first-order valence-electron chi connectivity index (χ1n) is 6.58. The summed E-state index contributed by atoms with van der Waals surface area (Å²) in [4.78, 5) is 0. The zero-order valence-electron chi connectivity index (χ0n) is 11.0. The standard InChI is InChI=1S/C18H19N/c1-4-10-17(11-5-1)12-8-3-9-15-19-16-18-13-6-2-7-14-18/h1-14,19H,15-16H2/b9-3+,12-8+. The molecule has 0 spiro atoms. The van der Waals surface area contributed by atoms with Crippen molar-refractivity contribution >= 4 is 6.08 Å². The molecule has 0 amide bonds. The minimum atomic E-state index is 0.883. The Balaban J connectivity index is 1.66. The Morgan fingerprint density at radius 3 is 2.21 bits per heavy atom. The molecule has 19 heavy (non-hydrogen) atoms. The van der Waals surface area contributed by atoms with Gasteiger partial charge in [0.15, 0.2) is 0 Å². The van der Waals surface area contributed by atoms with E-state index in [1.807, 2.05) is 24.3 Å². The summed E-state index contributed by atoms with van der Waals surface area (Å²) in [7, 11) is 0. The van der Waals surface area contributed by atoms with Crippen molar-refractivity contribution in [2.24, 2.45) is 0 Å². The number of rotatable bonds is 6. The van der Waals surface area contributed by atoms with E-state index in [0.717, 1.165) is 13.1 Å². The molecular formula is C18H19N. The summed E-state index contributed by atoms with van der Waals surface area (Å²) in [5.74, 6) is 0. The van der Waals surface area contributed by atoms with Crippen LogP contribution in [0.4, 0.5) is 0 Å². The molecule has 0 radical (unpaired) electrons. The first-order valence-corrected chi connectivity index (χ1v) is 6.58. The van der Waals surface area contributed by atoms with Crippen LogP contribution in [0.2, 0.25) is 0 Å². The lowest BCUT2D eigenvalue weighted by Gasteiger charge is -2.00. The Morgan fingerprint density at radius 1 is 0.789 bits per heavy atom. The zero-order valence-corrected chi connectivity index (χ0v) is 11.0. The van der Waals surface area contributed by atoms with Gasteiger partial charge in [-0.05, 0) is 11.1 Å². The van der Waals surface area contributed by atoms with E-state index >= 15 is 0 Å². The second-order valence-electron chi connectivity index (χ2n) is 4.31. The Morgan fingerprint density at radius 2 is 1.47 bits per heavy atom. The van der Waals surface area contributed by atoms with Gasteiger partial charge in [0.1, 0.15) is 0 Å². The molecule has 0 bridgehead atoms. The first-order chi connectivity index (χ1) is 9.45. The zero-order chi connectivity index (χ0) is 13.2. The van der Waals surface area contributed by atoms with E-state index in [9.17, 15) is 0 Å². The molecule has 1 N–H and O–H groups in total. The summed E-state index contributed by atoms with van der Waals surface area (Å²) in [6.45, 7) is 1.79. The fourth-order valence-electron chi connectivity index (χ4n) is 1.77. The van der Waals surface area contributed by atoms with Crippen molar-refractivity contribution in [3.63, 3.8) is 0 Å². The molecule has 0 aromatic heterocycles. The summed E-state index contributed by atoms with van der Waals surface area (Å²) in [6.07, 6.45) is 8.38. The summed E-state index contributed by atoms with van der Waals surface area (Å²) in [6, 6.07) is 20.7. The first kappa shape index (κ1) is 13.3. The number of benzene rings is 2. The summed E-state index contributed by atoms with van der Waals surface area (Å²) in [5.41, 5.74) is 2.54. The quantitative estimate of drug-likeness (QED) is 0.601. The van der Waals surface area contributed by atoms with Crippen molar-refractivity contribution in [2.75, 3.05) is 6.54 Å². The van der Waals surface area contributed by atoms with Gasteiger partial charge in [-0.1, -0.05) is 85.0 Å². The second kappa shape index (κ2) is 8.06. The molecular weight excluding hydrogens is 230 g/mol. The van der Waals surface area contributed by atoms with Gasteiger partial charge in [0.05, 0.1) is 0 Å². The number of allylic oxidation sites excluding steroid dienone is 2. The third kappa shape index (κ3) is 5.36. The van der Waals surface area contributed by atoms with Crippen LogP contribution in [-0.4, -0.2) is 6.54 Å².